The fourth-order valence-corrected chi connectivity index (χ4v) is 2.27. The monoisotopic (exact) mass is 353 g/mol. The number of nitrogens with zero attached hydrogens (tertiary/aromatic N) is 3. The van der Waals surface area contributed by atoms with E-state index in [1.54, 1.807) is 0 Å². The molecular formula is C19H35N3O3. The molecule has 1 aromatic heterocycles. The molecule has 0 fully saturated rings. The molecule has 0 aliphatic carbocycles. The highest BCUT2D eigenvalue weighted by atomic mass is 16.5. The first-order valence-corrected chi connectivity index (χ1v) is 9.56. The lowest BCUT2D eigenvalue weighted by atomic mass is 10.0. The molecule has 1 rings (SSSR count). The number of carbonyl (C=O) groups excluding carboxylic acids is 1. The fourth-order valence-electron chi connectivity index (χ4n) is 2.27. The van der Waals surface area contributed by atoms with Crippen molar-refractivity contribution in [2.75, 3.05) is 19.8 Å². The van der Waals surface area contributed by atoms with Gasteiger partial charge in [-0.1, -0.05) is 39.3 Å². The number of ether oxygens (including phenoxy) is 2. The molecule has 1 heterocycles. The number of aromatic nitrogens is 3. The number of rotatable bonds is 15. The first kappa shape index (κ1) is 21.8. The van der Waals surface area contributed by atoms with Gasteiger partial charge in [0.2, 0.25) is 0 Å². The molecule has 1 aromatic rings. The van der Waals surface area contributed by atoms with Crippen LogP contribution in [-0.4, -0.2) is 40.6 Å². The van der Waals surface area contributed by atoms with Crippen LogP contribution in [-0.2, 0) is 27.4 Å². The Hall–Kier alpha value is -1.27. The van der Waals surface area contributed by atoms with Crippen LogP contribution in [0.15, 0.2) is 6.20 Å². The first-order valence-electron chi connectivity index (χ1n) is 9.56. The third-order valence-electron chi connectivity index (χ3n) is 4.00. The van der Waals surface area contributed by atoms with Gasteiger partial charge in [0.05, 0.1) is 26.0 Å². The van der Waals surface area contributed by atoms with Gasteiger partial charge in [-0.15, -0.1) is 5.10 Å². The molecular weight excluding hydrogens is 318 g/mol. The molecule has 6 nitrogen and oxygen atoms in total. The van der Waals surface area contributed by atoms with E-state index >= 15 is 0 Å². The minimum atomic E-state index is 0.151. The molecule has 0 N–H and O–H groups in total. The lowest BCUT2D eigenvalue weighted by molar-refractivity contribution is -0.122. The Morgan fingerprint density at radius 1 is 1.08 bits per heavy atom. The summed E-state index contributed by atoms with van der Waals surface area (Å²) in [5.74, 6) is 1.18. The van der Waals surface area contributed by atoms with E-state index in [2.05, 4.69) is 24.2 Å². The van der Waals surface area contributed by atoms with Crippen molar-refractivity contribution in [2.45, 2.75) is 73.0 Å². The van der Waals surface area contributed by atoms with Crippen LogP contribution in [0.1, 0.15) is 65.5 Å². The highest BCUT2D eigenvalue weighted by molar-refractivity contribution is 5.80. The predicted octanol–water partition coefficient (Wildman–Crippen LogP) is 3.64. The lowest BCUT2D eigenvalue weighted by Crippen LogP contribution is -2.07. The van der Waals surface area contributed by atoms with Crippen molar-refractivity contribution in [3.63, 3.8) is 0 Å². The van der Waals surface area contributed by atoms with Crippen LogP contribution in [0.25, 0.3) is 0 Å². The van der Waals surface area contributed by atoms with Gasteiger partial charge in [0.25, 0.3) is 0 Å². The first-order chi connectivity index (χ1) is 12.0. The molecule has 0 aromatic carbocycles. The van der Waals surface area contributed by atoms with E-state index in [1.165, 1.54) is 0 Å². The van der Waals surface area contributed by atoms with Crippen LogP contribution in [0, 0.1) is 11.8 Å². The summed E-state index contributed by atoms with van der Waals surface area (Å²) in [6.45, 7) is 11.6. The van der Waals surface area contributed by atoms with Crippen LogP contribution in [0.3, 0.4) is 0 Å². The second-order valence-corrected chi connectivity index (χ2v) is 7.25. The van der Waals surface area contributed by atoms with E-state index in [9.17, 15) is 4.79 Å². The number of aryl methyl sites for hydroxylation is 1. The summed E-state index contributed by atoms with van der Waals surface area (Å²) in [6, 6.07) is 0. The minimum Gasteiger partial charge on any atom is -0.379 e. The average Bonchev–Trinajstić information content (AvgIpc) is 3.00. The van der Waals surface area contributed by atoms with Crippen molar-refractivity contribution in [1.29, 1.82) is 0 Å². The van der Waals surface area contributed by atoms with Crippen LogP contribution in [0.4, 0.5) is 0 Å². The number of hydrogen-bond donors (Lipinski definition) is 0. The number of Topliss-reactive ketones (excluding diaryl/α,β-unsaturated/α-hetero) is 1. The molecule has 6 heteroatoms. The molecule has 0 saturated heterocycles. The summed E-state index contributed by atoms with van der Waals surface area (Å²) in [7, 11) is 0. The average molecular weight is 354 g/mol. The summed E-state index contributed by atoms with van der Waals surface area (Å²) in [5.41, 5.74) is 0.845. The summed E-state index contributed by atoms with van der Waals surface area (Å²) in [4.78, 5) is 11.5. The minimum absolute atomic E-state index is 0.151. The molecule has 0 radical (unpaired) electrons. The van der Waals surface area contributed by atoms with E-state index in [4.69, 9.17) is 9.47 Å². The molecule has 0 aliphatic rings. The van der Waals surface area contributed by atoms with Gasteiger partial charge in [-0.25, -0.2) is 0 Å². The normalized spacial score (nSPS) is 11.6. The Labute approximate surface area is 152 Å². The number of unbranched alkanes of at least 4 members (excludes halogenated alkanes) is 2. The van der Waals surface area contributed by atoms with Gasteiger partial charge in [-0.2, -0.15) is 0 Å². The van der Waals surface area contributed by atoms with Crippen molar-refractivity contribution in [3.05, 3.63) is 11.9 Å². The summed E-state index contributed by atoms with van der Waals surface area (Å²) < 4.78 is 12.9. The summed E-state index contributed by atoms with van der Waals surface area (Å²) in [5, 5.41) is 8.23. The Morgan fingerprint density at radius 2 is 1.84 bits per heavy atom. The number of hydrogen-bond acceptors (Lipinski definition) is 5. The van der Waals surface area contributed by atoms with E-state index in [0.717, 1.165) is 44.5 Å². The Balaban J connectivity index is 2.03. The Bertz CT molecular complexity index is 472. The van der Waals surface area contributed by atoms with Crippen LogP contribution in [0.2, 0.25) is 0 Å². The Kier molecular flexibility index (Phi) is 11.3. The number of carbonyl (C=O) groups is 1. The highest BCUT2D eigenvalue weighted by Gasteiger charge is 2.06. The predicted molar refractivity (Wildman–Crippen MR) is 98.3 cm³/mol. The maximum Gasteiger partial charge on any atom is 0.135 e. The van der Waals surface area contributed by atoms with Gasteiger partial charge in [-0.3, -0.25) is 9.48 Å². The summed E-state index contributed by atoms with van der Waals surface area (Å²) in [6.07, 6.45) is 6.71. The van der Waals surface area contributed by atoms with Crippen molar-refractivity contribution < 1.29 is 14.3 Å². The van der Waals surface area contributed by atoms with E-state index in [0.29, 0.717) is 37.9 Å². The van der Waals surface area contributed by atoms with Crippen molar-refractivity contribution in [1.82, 2.24) is 15.0 Å². The fraction of sp³-hybridized carbons (Fsp3) is 0.842. The molecule has 0 unspecified atom stereocenters. The molecule has 0 aliphatic heterocycles. The molecule has 0 amide bonds. The smallest absolute Gasteiger partial charge is 0.135 e. The topological polar surface area (TPSA) is 66.2 Å². The highest BCUT2D eigenvalue weighted by Crippen LogP contribution is 2.07. The zero-order valence-electron chi connectivity index (χ0n) is 16.4. The molecule has 0 saturated carbocycles. The molecule has 144 valence electrons. The zero-order valence-corrected chi connectivity index (χ0v) is 16.4. The molecule has 25 heavy (non-hydrogen) atoms. The Morgan fingerprint density at radius 3 is 2.56 bits per heavy atom. The van der Waals surface area contributed by atoms with E-state index in [-0.39, 0.29) is 5.92 Å². The molecule has 0 atom stereocenters. The molecule has 0 bridgehead atoms. The van der Waals surface area contributed by atoms with E-state index < -0.39 is 0 Å². The van der Waals surface area contributed by atoms with Crippen LogP contribution in [0.5, 0.6) is 0 Å². The van der Waals surface area contributed by atoms with Crippen molar-refractivity contribution >= 4 is 5.78 Å². The van der Waals surface area contributed by atoms with Gasteiger partial charge in [-0.05, 0) is 25.2 Å². The quantitative estimate of drug-likeness (QED) is 0.450. The van der Waals surface area contributed by atoms with Gasteiger partial charge < -0.3 is 9.47 Å². The van der Waals surface area contributed by atoms with Crippen molar-refractivity contribution in [3.8, 4) is 0 Å². The standard InChI is InChI=1S/C19H35N3O3/c1-16(2)9-11-24-12-13-25-15-18-14-22(21-20-18)10-7-5-6-8-19(23)17(3)4/h14,16-17H,5-13,15H2,1-4H3. The SMILES string of the molecule is CC(C)CCOCCOCc1cn(CCCCCC(=O)C(C)C)nn1. The largest absolute Gasteiger partial charge is 0.379 e. The van der Waals surface area contributed by atoms with Gasteiger partial charge in [0, 0.05) is 25.5 Å². The third kappa shape index (κ3) is 11.1. The maximum absolute atomic E-state index is 11.5. The van der Waals surface area contributed by atoms with Gasteiger partial charge >= 0.3 is 0 Å². The van der Waals surface area contributed by atoms with Gasteiger partial charge in [0.1, 0.15) is 11.5 Å². The van der Waals surface area contributed by atoms with Gasteiger partial charge in [0.15, 0.2) is 0 Å². The third-order valence-corrected chi connectivity index (χ3v) is 4.00. The summed E-state index contributed by atoms with van der Waals surface area (Å²) >= 11 is 0. The number of ketones is 1. The van der Waals surface area contributed by atoms with Crippen molar-refractivity contribution in [2.24, 2.45) is 11.8 Å². The lowest BCUT2D eigenvalue weighted by Gasteiger charge is -2.06. The van der Waals surface area contributed by atoms with Crippen LogP contribution < -0.4 is 0 Å². The maximum atomic E-state index is 11.5. The zero-order chi connectivity index (χ0) is 18.5. The van der Waals surface area contributed by atoms with Crippen LogP contribution >= 0.6 is 0 Å². The molecule has 0 spiro atoms. The van der Waals surface area contributed by atoms with E-state index in [1.807, 2.05) is 24.7 Å². The second kappa shape index (κ2) is 13.0. The second-order valence-electron chi connectivity index (χ2n) is 7.25.